The van der Waals surface area contributed by atoms with Gasteiger partial charge in [0.25, 0.3) is 0 Å². The number of aliphatic hydroxyl groups excluding tert-OH is 1. The third kappa shape index (κ3) is 8.45. The molecule has 2 heterocycles. The minimum atomic E-state index is -1.63. The summed E-state index contributed by atoms with van der Waals surface area (Å²) in [6, 6.07) is -0.992. The van der Waals surface area contributed by atoms with Gasteiger partial charge in [0.2, 0.25) is 5.91 Å². The predicted octanol–water partition coefficient (Wildman–Crippen LogP) is -1.19. The first-order chi connectivity index (χ1) is 15.2. The molecule has 0 spiro atoms. The van der Waals surface area contributed by atoms with Crippen molar-refractivity contribution in [1.82, 2.24) is 20.9 Å². The molecule has 2 aliphatic rings. The minimum Gasteiger partial charge on any atom is -0.480 e. The third-order valence-electron chi connectivity index (χ3n) is 5.38. The summed E-state index contributed by atoms with van der Waals surface area (Å²) in [6.45, 7) is -0.465. The van der Waals surface area contributed by atoms with Crippen molar-refractivity contribution in [3.05, 3.63) is 0 Å². The smallest absolute Gasteiger partial charge is 0.324 e. The second-order valence-corrected chi connectivity index (χ2v) is 9.19. The van der Waals surface area contributed by atoms with Gasteiger partial charge in [0.15, 0.2) is 6.29 Å². The summed E-state index contributed by atoms with van der Waals surface area (Å²) in [7, 11) is 1.56. The number of aliphatic hydroxyl groups is 2. The third-order valence-corrected chi connectivity index (χ3v) is 6.89. The molecule has 0 radical (unpaired) electrons. The summed E-state index contributed by atoms with van der Waals surface area (Å²) >= 11 is 1.83. The molecule has 0 aromatic carbocycles. The van der Waals surface area contributed by atoms with Crippen LogP contribution in [0.5, 0.6) is 0 Å². The van der Waals surface area contributed by atoms with Gasteiger partial charge < -0.3 is 35.6 Å². The molecule has 2 fully saturated rings. The van der Waals surface area contributed by atoms with Gasteiger partial charge in [0.1, 0.15) is 12.6 Å². The topological polar surface area (TPSA) is 178 Å². The van der Waals surface area contributed by atoms with Crippen LogP contribution in [0.15, 0.2) is 0 Å². The number of carbonyl (C=O) groups is 4. The van der Waals surface area contributed by atoms with Crippen LogP contribution in [0.25, 0.3) is 0 Å². The van der Waals surface area contributed by atoms with Crippen molar-refractivity contribution in [3.8, 4) is 0 Å². The lowest BCUT2D eigenvalue weighted by atomic mass is 10.0. The number of thioether (sulfide) groups is 1. The van der Waals surface area contributed by atoms with E-state index in [1.807, 2.05) is 11.8 Å². The summed E-state index contributed by atoms with van der Waals surface area (Å²) in [5, 5.41) is 35.5. The highest BCUT2D eigenvalue weighted by Crippen LogP contribution is 2.33. The molecule has 6 N–H and O–H groups in total. The number of rotatable bonds is 14. The number of nitrogens with one attached hydrogen (secondary N) is 3. The number of unbranched alkanes of at least 4 members (excludes halogenated alkanes) is 1. The molecule has 3 amide bonds. The van der Waals surface area contributed by atoms with E-state index in [1.54, 1.807) is 7.05 Å². The lowest BCUT2D eigenvalue weighted by Gasteiger charge is -2.21. The molecule has 2 aliphatic heterocycles. The molecule has 182 valence electrons. The summed E-state index contributed by atoms with van der Waals surface area (Å²) in [5.41, 5.74) is 0. The first kappa shape index (κ1) is 26.2. The van der Waals surface area contributed by atoms with Crippen LogP contribution in [-0.4, -0.2) is 99.8 Å². The quantitative estimate of drug-likeness (QED) is 0.0772. The zero-order valence-electron chi connectivity index (χ0n) is 18.0. The molecule has 0 saturated carbocycles. The van der Waals surface area contributed by atoms with Gasteiger partial charge in [0, 0.05) is 30.9 Å². The molecule has 2 rings (SSSR count). The highest BCUT2D eigenvalue weighted by molar-refractivity contribution is 8.00. The van der Waals surface area contributed by atoms with Crippen LogP contribution in [-0.2, 0) is 19.1 Å². The van der Waals surface area contributed by atoms with E-state index >= 15 is 0 Å². The molecule has 2 saturated heterocycles. The number of carboxylic acid groups (broad SMARTS) is 1. The van der Waals surface area contributed by atoms with Crippen molar-refractivity contribution in [2.24, 2.45) is 0 Å². The molecule has 0 bridgehead atoms. The van der Waals surface area contributed by atoms with Crippen molar-refractivity contribution in [1.29, 1.82) is 0 Å². The first-order valence-electron chi connectivity index (χ1n) is 10.6. The number of carboxylic acids is 1. The normalized spacial score (nSPS) is 22.8. The molecule has 4 unspecified atom stereocenters. The lowest BCUT2D eigenvalue weighted by molar-refractivity contribution is -0.151. The molecule has 4 atom stereocenters. The van der Waals surface area contributed by atoms with Gasteiger partial charge in [-0.25, -0.2) is 4.79 Å². The number of nitrogens with zero attached hydrogens (tertiary/aromatic N) is 1. The maximum Gasteiger partial charge on any atom is 0.324 e. The average Bonchev–Trinajstić information content (AvgIpc) is 3.28. The van der Waals surface area contributed by atoms with Gasteiger partial charge in [0.05, 0.1) is 25.2 Å². The Morgan fingerprint density at radius 3 is 2.69 bits per heavy atom. The maximum absolute atomic E-state index is 12.3. The number of hydrogen-bond donors (Lipinski definition) is 6. The van der Waals surface area contributed by atoms with E-state index in [1.165, 1.54) is 4.90 Å². The monoisotopic (exact) mass is 476 g/mol. The number of ether oxygens (including phenoxy) is 1. The number of aliphatic carboxylic acids is 1. The number of fused-ring (bicyclic) bond motifs is 1. The molecular weight excluding hydrogens is 444 g/mol. The van der Waals surface area contributed by atoms with Gasteiger partial charge in [-0.1, -0.05) is 6.42 Å². The second kappa shape index (κ2) is 12.8. The Morgan fingerprint density at radius 2 is 2.00 bits per heavy atom. The van der Waals surface area contributed by atoms with E-state index in [0.717, 1.165) is 18.6 Å². The van der Waals surface area contributed by atoms with E-state index in [0.29, 0.717) is 18.1 Å². The second-order valence-electron chi connectivity index (χ2n) is 7.91. The van der Waals surface area contributed by atoms with Crippen LogP contribution >= 0.6 is 11.8 Å². The van der Waals surface area contributed by atoms with Crippen LogP contribution in [0.2, 0.25) is 0 Å². The minimum absolute atomic E-state index is 0.0252. The van der Waals surface area contributed by atoms with Crippen molar-refractivity contribution in [2.75, 3.05) is 26.1 Å². The zero-order valence-corrected chi connectivity index (χ0v) is 18.8. The van der Waals surface area contributed by atoms with E-state index < -0.39 is 30.9 Å². The first-order valence-corrected chi connectivity index (χ1v) is 11.6. The summed E-state index contributed by atoms with van der Waals surface area (Å²) in [6.07, 6.45) is 0.688. The SMILES string of the molecule is CN(CNC(COC(=O)CCC(O)O)C(=O)O)C(=O)CCCCC1SCC2NC(=O)NC21. The predicted molar refractivity (Wildman–Crippen MR) is 115 cm³/mol. The van der Waals surface area contributed by atoms with E-state index in [4.69, 9.17) is 14.9 Å². The summed E-state index contributed by atoms with van der Waals surface area (Å²) in [4.78, 5) is 47.9. The highest BCUT2D eigenvalue weighted by atomic mass is 32.2. The van der Waals surface area contributed by atoms with Crippen molar-refractivity contribution in [3.63, 3.8) is 0 Å². The Labute approximate surface area is 190 Å². The Hall–Kier alpha value is -2.09. The maximum atomic E-state index is 12.3. The molecule has 13 heteroatoms. The molecule has 0 aromatic heterocycles. The fourth-order valence-corrected chi connectivity index (χ4v) is 5.05. The van der Waals surface area contributed by atoms with Gasteiger partial charge >= 0.3 is 18.0 Å². The Balaban J connectivity index is 1.61. The van der Waals surface area contributed by atoms with Gasteiger partial charge in [-0.3, -0.25) is 19.7 Å². The highest BCUT2D eigenvalue weighted by Gasteiger charge is 2.42. The number of amides is 3. The molecular formula is C19H32N4O8S. The summed E-state index contributed by atoms with van der Waals surface area (Å²) in [5.74, 6) is -1.22. The Kier molecular flexibility index (Phi) is 10.5. The van der Waals surface area contributed by atoms with Crippen LogP contribution in [0.4, 0.5) is 4.79 Å². The molecule has 0 aromatic rings. The largest absolute Gasteiger partial charge is 0.480 e. The number of hydrogen-bond acceptors (Lipinski definition) is 9. The summed E-state index contributed by atoms with van der Waals surface area (Å²) < 4.78 is 4.83. The molecule has 12 nitrogen and oxygen atoms in total. The van der Waals surface area contributed by atoms with E-state index in [9.17, 15) is 24.3 Å². The van der Waals surface area contributed by atoms with Gasteiger partial charge in [-0.05, 0) is 12.8 Å². The number of esters is 1. The van der Waals surface area contributed by atoms with E-state index in [-0.39, 0.29) is 43.5 Å². The van der Waals surface area contributed by atoms with Crippen LogP contribution < -0.4 is 16.0 Å². The van der Waals surface area contributed by atoms with Crippen LogP contribution in [0.1, 0.15) is 38.5 Å². The molecule has 0 aliphatic carbocycles. The van der Waals surface area contributed by atoms with Crippen LogP contribution in [0, 0.1) is 0 Å². The fraction of sp³-hybridized carbons (Fsp3) is 0.789. The molecule has 32 heavy (non-hydrogen) atoms. The number of carbonyl (C=O) groups excluding carboxylic acids is 3. The van der Waals surface area contributed by atoms with Crippen molar-refractivity contribution >= 4 is 35.6 Å². The zero-order chi connectivity index (χ0) is 23.7. The van der Waals surface area contributed by atoms with E-state index in [2.05, 4.69) is 16.0 Å². The van der Waals surface area contributed by atoms with Crippen LogP contribution in [0.3, 0.4) is 0 Å². The van der Waals surface area contributed by atoms with Crippen molar-refractivity contribution < 1.29 is 39.2 Å². The van der Waals surface area contributed by atoms with Crippen molar-refractivity contribution in [2.45, 2.75) is 68.2 Å². The Morgan fingerprint density at radius 1 is 1.25 bits per heavy atom. The van der Waals surface area contributed by atoms with Gasteiger partial charge in [-0.15, -0.1) is 0 Å². The lowest BCUT2D eigenvalue weighted by Crippen LogP contribution is -2.47. The number of urea groups is 1. The fourth-order valence-electron chi connectivity index (χ4n) is 3.50. The Bertz CT molecular complexity index is 680. The average molecular weight is 477 g/mol. The standard InChI is InChI=1S/C19H32N4O8S/c1-23(10-20-11(18(28)29)8-31-16(27)7-6-15(25)26)14(24)5-3-2-4-13-17-12(9-32-13)21-19(30)22-17/h11-13,15,17,20,25-26H,2-10H2,1H3,(H,28,29)(H2,21,22,30). The van der Waals surface area contributed by atoms with Gasteiger partial charge in [-0.2, -0.15) is 11.8 Å².